The third-order valence-electron chi connectivity index (χ3n) is 3.05. The Hall–Kier alpha value is -1.11. The average Bonchev–Trinajstić information content (AvgIpc) is 2.37. The van der Waals surface area contributed by atoms with Crippen molar-refractivity contribution in [1.29, 1.82) is 0 Å². The van der Waals surface area contributed by atoms with Gasteiger partial charge in [-0.05, 0) is 19.3 Å². The number of rotatable bonds is 8. The summed E-state index contributed by atoms with van der Waals surface area (Å²) in [6.45, 7) is 3.15. The first kappa shape index (κ1) is 17.9. The van der Waals surface area contributed by atoms with Gasteiger partial charge in [0.05, 0.1) is 19.5 Å². The number of carbonyl (C=O) groups is 2. The van der Waals surface area contributed by atoms with Crippen molar-refractivity contribution in [2.24, 2.45) is 5.92 Å². The molecule has 6 nitrogen and oxygen atoms in total. The van der Waals surface area contributed by atoms with E-state index in [2.05, 4.69) is 9.47 Å². The highest BCUT2D eigenvalue weighted by molar-refractivity contribution is 7.91. The quantitative estimate of drug-likeness (QED) is 0.619. The van der Waals surface area contributed by atoms with E-state index in [1.807, 2.05) is 0 Å². The zero-order chi connectivity index (χ0) is 15.1. The molecule has 0 aliphatic carbocycles. The van der Waals surface area contributed by atoms with E-state index in [1.165, 1.54) is 14.2 Å². The van der Waals surface area contributed by atoms with Crippen LogP contribution in [0.1, 0.15) is 33.1 Å². The van der Waals surface area contributed by atoms with Gasteiger partial charge in [0.25, 0.3) is 0 Å². The standard InChI is InChI=1S/C12H22O6S/c1-5-19(15,16)9(2)6-10(7-11(13)17-3)8-12(14)18-4/h9-10H,5-8H2,1-4H3. The van der Waals surface area contributed by atoms with E-state index in [-0.39, 0.29) is 25.0 Å². The van der Waals surface area contributed by atoms with Crippen molar-refractivity contribution < 1.29 is 27.5 Å². The highest BCUT2D eigenvalue weighted by Crippen LogP contribution is 2.21. The molecule has 1 atom stereocenters. The van der Waals surface area contributed by atoms with Crippen LogP contribution in [0.5, 0.6) is 0 Å². The van der Waals surface area contributed by atoms with Gasteiger partial charge in [0.2, 0.25) is 0 Å². The van der Waals surface area contributed by atoms with Crippen LogP contribution in [0.3, 0.4) is 0 Å². The molecule has 112 valence electrons. The maximum absolute atomic E-state index is 11.7. The third kappa shape index (κ3) is 6.56. The van der Waals surface area contributed by atoms with Crippen LogP contribution in [0.25, 0.3) is 0 Å². The molecule has 0 radical (unpaired) electrons. The Morgan fingerprint density at radius 2 is 1.47 bits per heavy atom. The SMILES string of the molecule is CCS(=O)(=O)C(C)CC(CC(=O)OC)CC(=O)OC. The van der Waals surface area contributed by atoms with Gasteiger partial charge in [0.1, 0.15) is 0 Å². The van der Waals surface area contributed by atoms with Gasteiger partial charge in [0.15, 0.2) is 9.84 Å². The Morgan fingerprint density at radius 1 is 1.05 bits per heavy atom. The fourth-order valence-electron chi connectivity index (χ4n) is 1.78. The van der Waals surface area contributed by atoms with Gasteiger partial charge in [-0.15, -0.1) is 0 Å². The van der Waals surface area contributed by atoms with Crippen LogP contribution in [0.15, 0.2) is 0 Å². The Kier molecular flexibility index (Phi) is 7.66. The van der Waals surface area contributed by atoms with Gasteiger partial charge in [0, 0.05) is 18.6 Å². The number of ether oxygens (including phenoxy) is 2. The Bertz CT molecular complexity index is 382. The number of esters is 2. The van der Waals surface area contributed by atoms with Crippen LogP contribution in [-0.4, -0.2) is 45.6 Å². The summed E-state index contributed by atoms with van der Waals surface area (Å²) in [5.41, 5.74) is 0. The molecule has 0 amide bonds. The second-order valence-corrected chi connectivity index (χ2v) is 7.13. The molecule has 7 heteroatoms. The van der Waals surface area contributed by atoms with Gasteiger partial charge >= 0.3 is 11.9 Å². The van der Waals surface area contributed by atoms with Crippen LogP contribution in [-0.2, 0) is 28.9 Å². The van der Waals surface area contributed by atoms with Gasteiger partial charge in [-0.25, -0.2) is 8.42 Å². The summed E-state index contributed by atoms with van der Waals surface area (Å²) in [5, 5.41) is -0.600. The van der Waals surface area contributed by atoms with E-state index in [0.717, 1.165) is 0 Å². The molecule has 0 rings (SSSR count). The van der Waals surface area contributed by atoms with Gasteiger partial charge in [-0.2, -0.15) is 0 Å². The van der Waals surface area contributed by atoms with E-state index in [1.54, 1.807) is 13.8 Å². The minimum atomic E-state index is -3.18. The fraction of sp³-hybridized carbons (Fsp3) is 0.833. The largest absolute Gasteiger partial charge is 0.469 e. The van der Waals surface area contributed by atoms with Crippen molar-refractivity contribution in [2.45, 2.75) is 38.4 Å². The van der Waals surface area contributed by atoms with E-state index in [9.17, 15) is 18.0 Å². The topological polar surface area (TPSA) is 86.7 Å². The molecule has 0 spiro atoms. The molecule has 0 aromatic carbocycles. The fourth-order valence-corrected chi connectivity index (χ4v) is 2.91. The number of methoxy groups -OCH3 is 2. The van der Waals surface area contributed by atoms with Crippen molar-refractivity contribution in [1.82, 2.24) is 0 Å². The smallest absolute Gasteiger partial charge is 0.305 e. The summed E-state index contributed by atoms with van der Waals surface area (Å²) in [4.78, 5) is 22.5. The first-order valence-corrected chi connectivity index (χ1v) is 7.83. The molecule has 0 bridgehead atoms. The highest BCUT2D eigenvalue weighted by Gasteiger charge is 2.26. The Balaban J connectivity index is 4.75. The molecule has 0 saturated carbocycles. The molecule has 0 aromatic heterocycles. The molecular formula is C12H22O6S. The van der Waals surface area contributed by atoms with Crippen molar-refractivity contribution in [3.05, 3.63) is 0 Å². The second-order valence-electron chi connectivity index (χ2n) is 4.42. The lowest BCUT2D eigenvalue weighted by Crippen LogP contribution is -2.25. The normalized spacial score (nSPS) is 13.1. The van der Waals surface area contributed by atoms with Gasteiger partial charge < -0.3 is 9.47 Å². The maximum Gasteiger partial charge on any atom is 0.305 e. The van der Waals surface area contributed by atoms with Gasteiger partial charge in [-0.1, -0.05) is 6.92 Å². The molecule has 0 aliphatic rings. The maximum atomic E-state index is 11.7. The number of hydrogen-bond acceptors (Lipinski definition) is 6. The molecule has 0 heterocycles. The van der Waals surface area contributed by atoms with Crippen LogP contribution in [0, 0.1) is 5.92 Å². The number of carbonyl (C=O) groups excluding carboxylic acids is 2. The molecule has 0 aliphatic heterocycles. The van der Waals surface area contributed by atoms with Crippen LogP contribution in [0.2, 0.25) is 0 Å². The summed E-state index contributed by atoms with van der Waals surface area (Å²) in [6.07, 6.45) is 0.255. The molecule has 0 aromatic rings. The average molecular weight is 294 g/mol. The highest BCUT2D eigenvalue weighted by atomic mass is 32.2. The third-order valence-corrected chi connectivity index (χ3v) is 5.27. The van der Waals surface area contributed by atoms with E-state index < -0.39 is 32.9 Å². The van der Waals surface area contributed by atoms with Crippen LogP contribution >= 0.6 is 0 Å². The monoisotopic (exact) mass is 294 g/mol. The Labute approximate surface area is 114 Å². The number of hydrogen-bond donors (Lipinski definition) is 0. The second kappa shape index (κ2) is 8.14. The zero-order valence-electron chi connectivity index (χ0n) is 11.8. The predicted octanol–water partition coefficient (Wildman–Crippen LogP) is 0.942. The lowest BCUT2D eigenvalue weighted by atomic mass is 9.96. The van der Waals surface area contributed by atoms with Gasteiger partial charge in [-0.3, -0.25) is 9.59 Å². The van der Waals surface area contributed by atoms with Crippen molar-refractivity contribution in [3.63, 3.8) is 0 Å². The lowest BCUT2D eigenvalue weighted by molar-refractivity contribution is -0.144. The van der Waals surface area contributed by atoms with E-state index in [4.69, 9.17) is 0 Å². The lowest BCUT2D eigenvalue weighted by Gasteiger charge is -2.19. The summed E-state index contributed by atoms with van der Waals surface area (Å²) < 4.78 is 32.5. The minimum absolute atomic E-state index is 0.00910. The summed E-state index contributed by atoms with van der Waals surface area (Å²) in [7, 11) is -0.675. The van der Waals surface area contributed by atoms with Crippen molar-refractivity contribution in [2.75, 3.05) is 20.0 Å². The molecule has 0 saturated heterocycles. The molecule has 0 N–H and O–H groups in total. The first-order valence-electron chi connectivity index (χ1n) is 6.12. The van der Waals surface area contributed by atoms with Crippen LogP contribution < -0.4 is 0 Å². The van der Waals surface area contributed by atoms with E-state index >= 15 is 0 Å². The van der Waals surface area contributed by atoms with Crippen LogP contribution in [0.4, 0.5) is 0 Å². The van der Waals surface area contributed by atoms with Crippen molar-refractivity contribution in [3.8, 4) is 0 Å². The first-order chi connectivity index (χ1) is 8.76. The molecule has 1 unspecified atom stereocenters. The predicted molar refractivity (Wildman–Crippen MR) is 70.3 cm³/mol. The zero-order valence-corrected chi connectivity index (χ0v) is 12.7. The number of sulfone groups is 1. The molecule has 0 fully saturated rings. The minimum Gasteiger partial charge on any atom is -0.469 e. The summed E-state index contributed by atoms with van der Waals surface area (Å²) in [5.74, 6) is -1.28. The van der Waals surface area contributed by atoms with Crippen molar-refractivity contribution >= 4 is 21.8 Å². The summed E-state index contributed by atoms with van der Waals surface area (Å²) >= 11 is 0. The molecular weight excluding hydrogens is 272 g/mol. The summed E-state index contributed by atoms with van der Waals surface area (Å²) in [6, 6.07) is 0. The Morgan fingerprint density at radius 3 is 1.79 bits per heavy atom. The molecule has 19 heavy (non-hydrogen) atoms. The van der Waals surface area contributed by atoms with E-state index in [0.29, 0.717) is 0 Å².